The van der Waals surface area contributed by atoms with Crippen molar-refractivity contribution in [2.45, 2.75) is 13.0 Å². The zero-order valence-corrected chi connectivity index (χ0v) is 11.0. The molecule has 0 aliphatic carbocycles. The van der Waals surface area contributed by atoms with E-state index in [9.17, 15) is 0 Å². The minimum Gasteiger partial charge on any atom is -0.261 e. The maximum atomic E-state index is 6.09. The van der Waals surface area contributed by atoms with Gasteiger partial charge in [-0.05, 0) is 30.7 Å². The van der Waals surface area contributed by atoms with Gasteiger partial charge < -0.3 is 0 Å². The van der Waals surface area contributed by atoms with Gasteiger partial charge in [0.05, 0.1) is 12.2 Å². The SMILES string of the molecule is CC1=CC(c2ccccc2)ON(c2ccccc2)C1. The smallest absolute Gasteiger partial charge is 0.129 e. The van der Waals surface area contributed by atoms with Crippen LogP contribution in [0.4, 0.5) is 5.69 Å². The molecule has 1 atom stereocenters. The monoisotopic (exact) mass is 251 g/mol. The van der Waals surface area contributed by atoms with Gasteiger partial charge in [0.25, 0.3) is 0 Å². The van der Waals surface area contributed by atoms with E-state index in [1.54, 1.807) is 0 Å². The highest BCUT2D eigenvalue weighted by atomic mass is 16.7. The second-order valence-corrected chi connectivity index (χ2v) is 4.82. The zero-order chi connectivity index (χ0) is 13.1. The third-order valence-electron chi connectivity index (χ3n) is 3.24. The molecule has 0 saturated carbocycles. The number of nitrogens with zero attached hydrogens (tertiary/aromatic N) is 1. The molecule has 0 saturated heterocycles. The molecule has 0 aromatic heterocycles. The molecule has 2 nitrogen and oxygen atoms in total. The Balaban J connectivity index is 1.87. The molecular weight excluding hydrogens is 234 g/mol. The maximum absolute atomic E-state index is 6.09. The molecule has 96 valence electrons. The lowest BCUT2D eigenvalue weighted by Crippen LogP contribution is -2.31. The van der Waals surface area contributed by atoms with Crippen molar-refractivity contribution in [2.24, 2.45) is 0 Å². The summed E-state index contributed by atoms with van der Waals surface area (Å²) in [5, 5.41) is 1.97. The molecular formula is C17H17NO. The summed E-state index contributed by atoms with van der Waals surface area (Å²) in [5.41, 5.74) is 3.60. The molecule has 0 radical (unpaired) electrons. The van der Waals surface area contributed by atoms with Crippen LogP contribution >= 0.6 is 0 Å². The lowest BCUT2D eigenvalue weighted by Gasteiger charge is -2.32. The van der Waals surface area contributed by atoms with E-state index in [4.69, 9.17) is 4.84 Å². The van der Waals surface area contributed by atoms with Crippen LogP contribution in [0.2, 0.25) is 0 Å². The van der Waals surface area contributed by atoms with Gasteiger partial charge in [0.2, 0.25) is 0 Å². The summed E-state index contributed by atoms with van der Waals surface area (Å²) in [6.45, 7) is 2.96. The minimum atomic E-state index is -0.00449. The summed E-state index contributed by atoms with van der Waals surface area (Å²) >= 11 is 0. The predicted molar refractivity (Wildman–Crippen MR) is 77.8 cm³/mol. The highest BCUT2D eigenvalue weighted by molar-refractivity contribution is 5.46. The Morgan fingerprint density at radius 1 is 0.947 bits per heavy atom. The highest BCUT2D eigenvalue weighted by Crippen LogP contribution is 2.29. The standard InChI is InChI=1S/C17H17NO/c1-14-12-17(15-8-4-2-5-9-15)19-18(13-14)16-10-6-3-7-11-16/h2-12,17H,13H2,1H3. The molecule has 1 aliphatic heterocycles. The maximum Gasteiger partial charge on any atom is 0.129 e. The first kappa shape index (κ1) is 12.0. The fourth-order valence-electron chi connectivity index (χ4n) is 2.29. The van der Waals surface area contributed by atoms with Gasteiger partial charge >= 0.3 is 0 Å². The number of hydrogen-bond donors (Lipinski definition) is 0. The Bertz CT molecular complexity index is 562. The van der Waals surface area contributed by atoms with Crippen molar-refractivity contribution in [2.75, 3.05) is 11.6 Å². The van der Waals surface area contributed by atoms with E-state index in [0.29, 0.717) is 0 Å². The van der Waals surface area contributed by atoms with Crippen LogP contribution in [-0.4, -0.2) is 6.54 Å². The third-order valence-corrected chi connectivity index (χ3v) is 3.24. The second kappa shape index (κ2) is 5.29. The lowest BCUT2D eigenvalue weighted by molar-refractivity contribution is 0.0558. The first-order chi connectivity index (χ1) is 9.33. The first-order valence-electron chi connectivity index (χ1n) is 6.54. The van der Waals surface area contributed by atoms with E-state index in [1.165, 1.54) is 11.1 Å². The van der Waals surface area contributed by atoms with Gasteiger partial charge in [-0.2, -0.15) is 0 Å². The Labute approximate surface area is 113 Å². The fraction of sp³-hybridized carbons (Fsp3) is 0.176. The van der Waals surface area contributed by atoms with E-state index in [2.05, 4.69) is 37.3 Å². The molecule has 1 unspecified atom stereocenters. The zero-order valence-electron chi connectivity index (χ0n) is 11.0. The van der Waals surface area contributed by atoms with Crippen LogP contribution in [-0.2, 0) is 4.84 Å². The predicted octanol–water partition coefficient (Wildman–Crippen LogP) is 4.13. The topological polar surface area (TPSA) is 12.5 Å². The number of hydrogen-bond acceptors (Lipinski definition) is 2. The van der Waals surface area contributed by atoms with Crippen LogP contribution in [0.15, 0.2) is 72.3 Å². The number of anilines is 1. The molecule has 1 heterocycles. The molecule has 1 aliphatic rings. The van der Waals surface area contributed by atoms with Crippen LogP contribution < -0.4 is 5.06 Å². The van der Waals surface area contributed by atoms with Gasteiger partial charge in [-0.15, -0.1) is 0 Å². The quantitative estimate of drug-likeness (QED) is 0.744. The minimum absolute atomic E-state index is 0.00449. The molecule has 0 N–H and O–H groups in total. The largest absolute Gasteiger partial charge is 0.261 e. The molecule has 2 heteroatoms. The average molecular weight is 251 g/mol. The van der Waals surface area contributed by atoms with Gasteiger partial charge in [0.15, 0.2) is 0 Å². The fourth-order valence-corrected chi connectivity index (χ4v) is 2.29. The highest BCUT2D eigenvalue weighted by Gasteiger charge is 2.20. The van der Waals surface area contributed by atoms with E-state index >= 15 is 0 Å². The Hall–Kier alpha value is -2.06. The molecule has 3 rings (SSSR count). The molecule has 2 aromatic rings. The van der Waals surface area contributed by atoms with Crippen molar-refractivity contribution >= 4 is 5.69 Å². The third kappa shape index (κ3) is 2.69. The van der Waals surface area contributed by atoms with Gasteiger partial charge in [0.1, 0.15) is 6.10 Å². The van der Waals surface area contributed by atoms with Crippen LogP contribution in [0.25, 0.3) is 0 Å². The number of rotatable bonds is 2. The molecule has 0 fully saturated rings. The Kier molecular flexibility index (Phi) is 3.34. The van der Waals surface area contributed by atoms with Crippen molar-refractivity contribution < 1.29 is 4.84 Å². The summed E-state index contributed by atoms with van der Waals surface area (Å²) < 4.78 is 0. The number of benzene rings is 2. The van der Waals surface area contributed by atoms with E-state index in [-0.39, 0.29) is 6.10 Å². The van der Waals surface area contributed by atoms with E-state index in [1.807, 2.05) is 41.5 Å². The van der Waals surface area contributed by atoms with Crippen molar-refractivity contribution in [3.8, 4) is 0 Å². The summed E-state index contributed by atoms with van der Waals surface area (Å²) in [6, 6.07) is 20.5. The van der Waals surface area contributed by atoms with Gasteiger partial charge in [-0.1, -0.05) is 54.1 Å². The molecule has 0 amide bonds. The number of para-hydroxylation sites is 1. The van der Waals surface area contributed by atoms with Crippen molar-refractivity contribution in [3.63, 3.8) is 0 Å². The van der Waals surface area contributed by atoms with Crippen molar-refractivity contribution in [1.82, 2.24) is 0 Å². The number of hydroxylamine groups is 1. The van der Waals surface area contributed by atoms with Crippen molar-refractivity contribution in [1.29, 1.82) is 0 Å². The Morgan fingerprint density at radius 3 is 2.26 bits per heavy atom. The second-order valence-electron chi connectivity index (χ2n) is 4.82. The Morgan fingerprint density at radius 2 is 1.58 bits per heavy atom. The summed E-state index contributed by atoms with van der Waals surface area (Å²) in [4.78, 5) is 6.09. The van der Waals surface area contributed by atoms with E-state index in [0.717, 1.165) is 12.2 Å². The van der Waals surface area contributed by atoms with Crippen molar-refractivity contribution in [3.05, 3.63) is 77.9 Å². The van der Waals surface area contributed by atoms with Crippen LogP contribution in [0, 0.1) is 0 Å². The van der Waals surface area contributed by atoms with Gasteiger partial charge in [-0.25, -0.2) is 5.06 Å². The molecule has 0 bridgehead atoms. The van der Waals surface area contributed by atoms with Crippen LogP contribution in [0.5, 0.6) is 0 Å². The summed E-state index contributed by atoms with van der Waals surface area (Å²) in [7, 11) is 0. The molecule has 19 heavy (non-hydrogen) atoms. The van der Waals surface area contributed by atoms with Crippen LogP contribution in [0.1, 0.15) is 18.6 Å². The first-order valence-corrected chi connectivity index (χ1v) is 6.54. The molecule has 0 spiro atoms. The average Bonchev–Trinajstić information content (AvgIpc) is 2.48. The normalized spacial score (nSPS) is 19.1. The van der Waals surface area contributed by atoms with Gasteiger partial charge in [0, 0.05) is 0 Å². The lowest BCUT2D eigenvalue weighted by atomic mass is 10.1. The summed E-state index contributed by atoms with van der Waals surface area (Å²) in [5.74, 6) is 0. The molecule has 2 aromatic carbocycles. The van der Waals surface area contributed by atoms with E-state index < -0.39 is 0 Å². The van der Waals surface area contributed by atoms with Crippen LogP contribution in [0.3, 0.4) is 0 Å². The van der Waals surface area contributed by atoms with Gasteiger partial charge in [-0.3, -0.25) is 4.84 Å². The summed E-state index contributed by atoms with van der Waals surface area (Å²) in [6.07, 6.45) is 2.18.